The molecule has 0 bridgehead atoms. The largest absolute Gasteiger partial charge is 0.487 e. The minimum atomic E-state index is -0.313. The van der Waals surface area contributed by atoms with Gasteiger partial charge in [-0.1, -0.05) is 32.0 Å². The van der Waals surface area contributed by atoms with Crippen molar-refractivity contribution in [1.82, 2.24) is 5.32 Å². The standard InChI is InChI=1S/C16H25NO2/c1-3-13(17-4-2)12-8-5-6-10-15(12)19-16-11-7-9-14(16)18/h5-6,8,10,13-14,16-18H,3-4,7,9,11H2,1-2H3. The van der Waals surface area contributed by atoms with Gasteiger partial charge in [0.15, 0.2) is 0 Å². The van der Waals surface area contributed by atoms with Crippen LogP contribution in [0.4, 0.5) is 0 Å². The van der Waals surface area contributed by atoms with E-state index in [1.165, 1.54) is 5.56 Å². The molecule has 1 fully saturated rings. The Hall–Kier alpha value is -1.06. The molecule has 106 valence electrons. The molecular weight excluding hydrogens is 238 g/mol. The average Bonchev–Trinajstić information content (AvgIpc) is 2.83. The molecule has 0 heterocycles. The van der Waals surface area contributed by atoms with Crippen molar-refractivity contribution in [2.24, 2.45) is 0 Å². The van der Waals surface area contributed by atoms with Crippen molar-refractivity contribution in [1.29, 1.82) is 0 Å². The van der Waals surface area contributed by atoms with Crippen LogP contribution in [0, 0.1) is 0 Å². The minimum absolute atomic E-state index is 0.0414. The van der Waals surface area contributed by atoms with E-state index in [0.29, 0.717) is 6.04 Å². The van der Waals surface area contributed by atoms with Crippen LogP contribution in [0.15, 0.2) is 24.3 Å². The Morgan fingerprint density at radius 2 is 2.11 bits per heavy atom. The third-order valence-electron chi connectivity index (χ3n) is 3.85. The number of hydrogen-bond acceptors (Lipinski definition) is 3. The van der Waals surface area contributed by atoms with Crippen molar-refractivity contribution >= 4 is 0 Å². The number of nitrogens with one attached hydrogen (secondary N) is 1. The SMILES string of the molecule is CCNC(CC)c1ccccc1OC1CCCC1O. The lowest BCUT2D eigenvalue weighted by molar-refractivity contribution is 0.0594. The van der Waals surface area contributed by atoms with Crippen LogP contribution in [0.25, 0.3) is 0 Å². The summed E-state index contributed by atoms with van der Waals surface area (Å²) >= 11 is 0. The normalized spacial score (nSPS) is 24.4. The second-order valence-corrected chi connectivity index (χ2v) is 5.21. The summed E-state index contributed by atoms with van der Waals surface area (Å²) in [5, 5.41) is 13.4. The van der Waals surface area contributed by atoms with Gasteiger partial charge in [-0.05, 0) is 38.3 Å². The maximum absolute atomic E-state index is 9.90. The molecule has 19 heavy (non-hydrogen) atoms. The van der Waals surface area contributed by atoms with Crippen LogP contribution in [0.3, 0.4) is 0 Å². The van der Waals surface area contributed by atoms with Crippen LogP contribution in [0.1, 0.15) is 51.1 Å². The van der Waals surface area contributed by atoms with Crippen LogP contribution >= 0.6 is 0 Å². The maximum atomic E-state index is 9.90. The highest BCUT2D eigenvalue weighted by Crippen LogP contribution is 2.31. The molecule has 1 aliphatic rings. The molecule has 3 heteroatoms. The molecule has 1 saturated carbocycles. The topological polar surface area (TPSA) is 41.5 Å². The van der Waals surface area contributed by atoms with Gasteiger partial charge in [-0.3, -0.25) is 0 Å². The van der Waals surface area contributed by atoms with Crippen molar-refractivity contribution in [3.05, 3.63) is 29.8 Å². The third kappa shape index (κ3) is 3.48. The summed E-state index contributed by atoms with van der Waals surface area (Å²) in [6.45, 7) is 5.24. The van der Waals surface area contributed by atoms with Gasteiger partial charge in [0, 0.05) is 11.6 Å². The second-order valence-electron chi connectivity index (χ2n) is 5.21. The average molecular weight is 263 g/mol. The summed E-state index contributed by atoms with van der Waals surface area (Å²) in [5.41, 5.74) is 1.20. The zero-order valence-corrected chi connectivity index (χ0v) is 11.9. The Bertz CT molecular complexity index is 394. The number of aliphatic hydroxyl groups excluding tert-OH is 1. The predicted molar refractivity (Wildman–Crippen MR) is 77.4 cm³/mol. The first-order valence-electron chi connectivity index (χ1n) is 7.43. The molecule has 2 N–H and O–H groups in total. The number of aliphatic hydroxyl groups is 1. The molecule has 0 aromatic heterocycles. The minimum Gasteiger partial charge on any atom is -0.487 e. The molecule has 1 aliphatic carbocycles. The first kappa shape index (κ1) is 14.4. The van der Waals surface area contributed by atoms with Gasteiger partial charge in [0.05, 0.1) is 6.10 Å². The number of hydrogen-bond donors (Lipinski definition) is 2. The van der Waals surface area contributed by atoms with Crippen LogP contribution in [-0.2, 0) is 0 Å². The van der Waals surface area contributed by atoms with Crippen LogP contribution in [0.2, 0.25) is 0 Å². The lowest BCUT2D eigenvalue weighted by Gasteiger charge is -2.23. The molecule has 3 nitrogen and oxygen atoms in total. The Labute approximate surface area is 116 Å². The van der Waals surface area contributed by atoms with E-state index >= 15 is 0 Å². The van der Waals surface area contributed by atoms with Gasteiger partial charge < -0.3 is 15.2 Å². The Balaban J connectivity index is 2.15. The van der Waals surface area contributed by atoms with Crippen molar-refractivity contribution in [3.63, 3.8) is 0 Å². The van der Waals surface area contributed by atoms with Gasteiger partial charge in [0.25, 0.3) is 0 Å². The molecule has 3 atom stereocenters. The lowest BCUT2D eigenvalue weighted by atomic mass is 10.0. The summed E-state index contributed by atoms with van der Waals surface area (Å²) in [5.74, 6) is 0.918. The van der Waals surface area contributed by atoms with Crippen LogP contribution < -0.4 is 10.1 Å². The van der Waals surface area contributed by atoms with E-state index in [0.717, 1.165) is 38.0 Å². The fourth-order valence-electron chi connectivity index (χ4n) is 2.80. The molecule has 1 aromatic rings. The molecule has 0 saturated heterocycles. The predicted octanol–water partition coefficient (Wildman–Crippen LogP) is 3.04. The Kier molecular flexibility index (Phi) is 5.23. The van der Waals surface area contributed by atoms with E-state index in [-0.39, 0.29) is 12.2 Å². The van der Waals surface area contributed by atoms with Crippen molar-refractivity contribution < 1.29 is 9.84 Å². The van der Waals surface area contributed by atoms with Crippen LogP contribution in [0.5, 0.6) is 5.75 Å². The molecule has 2 rings (SSSR count). The van der Waals surface area contributed by atoms with E-state index in [1.54, 1.807) is 0 Å². The zero-order chi connectivity index (χ0) is 13.7. The molecule has 0 spiro atoms. The van der Waals surface area contributed by atoms with Gasteiger partial charge >= 0.3 is 0 Å². The Morgan fingerprint density at radius 1 is 1.32 bits per heavy atom. The van der Waals surface area contributed by atoms with E-state index in [2.05, 4.69) is 25.2 Å². The highest BCUT2D eigenvalue weighted by molar-refractivity contribution is 5.36. The molecular formula is C16H25NO2. The van der Waals surface area contributed by atoms with Crippen LogP contribution in [-0.4, -0.2) is 23.9 Å². The first-order chi connectivity index (χ1) is 9.26. The van der Waals surface area contributed by atoms with E-state index in [4.69, 9.17) is 4.74 Å². The van der Waals surface area contributed by atoms with Gasteiger partial charge in [0.2, 0.25) is 0 Å². The molecule has 0 aliphatic heterocycles. The number of para-hydroxylation sites is 1. The molecule has 3 unspecified atom stereocenters. The molecule has 0 radical (unpaired) electrons. The zero-order valence-electron chi connectivity index (χ0n) is 11.9. The van der Waals surface area contributed by atoms with Crippen molar-refractivity contribution in [3.8, 4) is 5.75 Å². The van der Waals surface area contributed by atoms with Crippen molar-refractivity contribution in [2.75, 3.05) is 6.54 Å². The summed E-state index contributed by atoms with van der Waals surface area (Å²) < 4.78 is 6.06. The van der Waals surface area contributed by atoms with Gasteiger partial charge in [-0.15, -0.1) is 0 Å². The quantitative estimate of drug-likeness (QED) is 0.829. The summed E-state index contributed by atoms with van der Waals surface area (Å²) in [6.07, 6.45) is 3.54. The van der Waals surface area contributed by atoms with Gasteiger partial charge in [0.1, 0.15) is 11.9 Å². The smallest absolute Gasteiger partial charge is 0.124 e. The second kappa shape index (κ2) is 6.92. The van der Waals surface area contributed by atoms with Gasteiger partial charge in [-0.25, -0.2) is 0 Å². The lowest BCUT2D eigenvalue weighted by Crippen LogP contribution is -2.27. The van der Waals surface area contributed by atoms with E-state index in [1.807, 2.05) is 18.2 Å². The fraction of sp³-hybridized carbons (Fsp3) is 0.625. The number of rotatable bonds is 6. The monoisotopic (exact) mass is 263 g/mol. The van der Waals surface area contributed by atoms with Crippen molar-refractivity contribution in [2.45, 2.75) is 57.8 Å². The maximum Gasteiger partial charge on any atom is 0.124 e. The summed E-state index contributed by atoms with van der Waals surface area (Å²) in [6, 6.07) is 8.50. The number of ether oxygens (including phenoxy) is 1. The molecule has 0 amide bonds. The molecule has 1 aromatic carbocycles. The summed E-state index contributed by atoms with van der Waals surface area (Å²) in [4.78, 5) is 0. The summed E-state index contributed by atoms with van der Waals surface area (Å²) in [7, 11) is 0. The highest BCUT2D eigenvalue weighted by Gasteiger charge is 2.28. The first-order valence-corrected chi connectivity index (χ1v) is 7.43. The van der Waals surface area contributed by atoms with Gasteiger partial charge in [-0.2, -0.15) is 0 Å². The fourth-order valence-corrected chi connectivity index (χ4v) is 2.80. The highest BCUT2D eigenvalue weighted by atomic mass is 16.5. The Morgan fingerprint density at radius 3 is 2.74 bits per heavy atom. The van der Waals surface area contributed by atoms with E-state index in [9.17, 15) is 5.11 Å². The number of benzene rings is 1. The van der Waals surface area contributed by atoms with E-state index < -0.39 is 0 Å². The third-order valence-corrected chi connectivity index (χ3v) is 3.85.